The fourth-order valence-corrected chi connectivity index (χ4v) is 3.88. The molecule has 132 valence electrons. The Morgan fingerprint density at radius 2 is 1.96 bits per heavy atom. The third-order valence-corrected chi connectivity index (χ3v) is 5.32. The molecule has 1 fully saturated rings. The number of carbonyl (C=O) groups excluding carboxylic acids is 1. The first-order valence-electron chi connectivity index (χ1n) is 8.93. The predicted octanol–water partition coefficient (Wildman–Crippen LogP) is 1.80. The van der Waals surface area contributed by atoms with E-state index in [0.717, 1.165) is 62.8 Å². The van der Waals surface area contributed by atoms with Crippen LogP contribution in [0.5, 0.6) is 5.75 Å². The molecule has 1 atom stereocenters. The summed E-state index contributed by atoms with van der Waals surface area (Å²) in [5, 5.41) is 0. The average molecular weight is 340 g/mol. The minimum Gasteiger partial charge on any atom is -0.495 e. The summed E-state index contributed by atoms with van der Waals surface area (Å²) in [7, 11) is 1.70. The van der Waals surface area contributed by atoms with Gasteiger partial charge in [-0.2, -0.15) is 0 Å². The van der Waals surface area contributed by atoms with E-state index in [-0.39, 0.29) is 11.8 Å². The molecule has 1 amide bonds. The molecule has 25 heavy (non-hydrogen) atoms. The summed E-state index contributed by atoms with van der Waals surface area (Å²) in [5.74, 6) is 2.29. The number of carbonyl (C=O) groups is 1. The Hall–Kier alpha value is -2.50. The van der Waals surface area contributed by atoms with Crippen molar-refractivity contribution in [3.8, 4) is 5.75 Å². The molecule has 0 radical (unpaired) electrons. The number of methoxy groups -OCH3 is 1. The zero-order valence-corrected chi connectivity index (χ0v) is 14.6. The Bertz CT molecular complexity index is 749. The minimum absolute atomic E-state index is 0.0766. The average Bonchev–Trinajstić information content (AvgIpc) is 3.15. The number of para-hydroxylation sites is 2. The van der Waals surface area contributed by atoms with Crippen LogP contribution in [0.1, 0.15) is 12.2 Å². The van der Waals surface area contributed by atoms with Crippen LogP contribution >= 0.6 is 0 Å². The fraction of sp³-hybridized carbons (Fsp3) is 0.474. The molecule has 1 saturated heterocycles. The molecule has 1 unspecified atom stereocenters. The number of piperazine rings is 1. The number of rotatable bonds is 3. The summed E-state index contributed by atoms with van der Waals surface area (Å²) < 4.78 is 7.62. The van der Waals surface area contributed by atoms with Gasteiger partial charge in [0, 0.05) is 57.5 Å². The number of aryl methyl sites for hydroxylation is 1. The second-order valence-electron chi connectivity index (χ2n) is 6.71. The van der Waals surface area contributed by atoms with Gasteiger partial charge in [-0.3, -0.25) is 4.79 Å². The van der Waals surface area contributed by atoms with E-state index >= 15 is 0 Å². The Morgan fingerprint density at radius 3 is 2.76 bits per heavy atom. The van der Waals surface area contributed by atoms with Crippen molar-refractivity contribution in [1.29, 1.82) is 0 Å². The summed E-state index contributed by atoms with van der Waals surface area (Å²) >= 11 is 0. The molecule has 1 aromatic carbocycles. The second-order valence-corrected chi connectivity index (χ2v) is 6.71. The molecule has 2 aliphatic heterocycles. The summed E-state index contributed by atoms with van der Waals surface area (Å²) in [5.41, 5.74) is 1.11. The normalized spacial score (nSPS) is 20.3. The molecular weight excluding hydrogens is 316 g/mol. The van der Waals surface area contributed by atoms with Gasteiger partial charge in [0.15, 0.2) is 0 Å². The third-order valence-electron chi connectivity index (χ3n) is 5.32. The van der Waals surface area contributed by atoms with Gasteiger partial charge >= 0.3 is 0 Å². The standard InChI is InChI=1S/C19H24N4O2/c1-25-17-5-3-2-4-16(17)21-10-12-23(13-11-21)19(24)15-6-8-22-9-7-20-18(22)14-15/h2-5,7,9,15H,6,8,10-14H2,1H3. The maximum Gasteiger partial charge on any atom is 0.226 e. The van der Waals surface area contributed by atoms with Crippen molar-refractivity contribution >= 4 is 11.6 Å². The van der Waals surface area contributed by atoms with Crippen molar-refractivity contribution in [2.24, 2.45) is 5.92 Å². The van der Waals surface area contributed by atoms with Crippen LogP contribution in [0.25, 0.3) is 0 Å². The van der Waals surface area contributed by atoms with Crippen LogP contribution < -0.4 is 9.64 Å². The third kappa shape index (κ3) is 3.08. The first-order chi connectivity index (χ1) is 12.3. The molecule has 3 heterocycles. The molecule has 1 aromatic heterocycles. The van der Waals surface area contributed by atoms with Crippen LogP contribution in [0.2, 0.25) is 0 Å². The number of fused-ring (bicyclic) bond motifs is 1. The van der Waals surface area contributed by atoms with Crippen molar-refractivity contribution in [3.63, 3.8) is 0 Å². The van der Waals surface area contributed by atoms with Crippen molar-refractivity contribution < 1.29 is 9.53 Å². The first kappa shape index (κ1) is 16.0. The van der Waals surface area contributed by atoms with Crippen molar-refractivity contribution in [2.45, 2.75) is 19.4 Å². The van der Waals surface area contributed by atoms with E-state index in [9.17, 15) is 4.79 Å². The fourth-order valence-electron chi connectivity index (χ4n) is 3.88. The molecule has 6 heteroatoms. The van der Waals surface area contributed by atoms with Crippen molar-refractivity contribution in [3.05, 3.63) is 42.5 Å². The second kappa shape index (κ2) is 6.78. The lowest BCUT2D eigenvalue weighted by atomic mass is 9.96. The van der Waals surface area contributed by atoms with E-state index in [2.05, 4.69) is 20.5 Å². The van der Waals surface area contributed by atoms with Gasteiger partial charge in [0.25, 0.3) is 0 Å². The molecule has 0 saturated carbocycles. The highest BCUT2D eigenvalue weighted by atomic mass is 16.5. The largest absolute Gasteiger partial charge is 0.495 e. The molecule has 0 N–H and O–H groups in total. The number of ether oxygens (including phenoxy) is 1. The quantitative estimate of drug-likeness (QED) is 0.855. The smallest absolute Gasteiger partial charge is 0.226 e. The number of benzene rings is 1. The van der Waals surface area contributed by atoms with Gasteiger partial charge in [-0.25, -0.2) is 4.98 Å². The molecule has 2 aromatic rings. The number of imidazole rings is 1. The van der Waals surface area contributed by atoms with Gasteiger partial charge in [-0.05, 0) is 18.6 Å². The first-order valence-corrected chi connectivity index (χ1v) is 8.93. The highest BCUT2D eigenvalue weighted by molar-refractivity contribution is 5.79. The lowest BCUT2D eigenvalue weighted by Gasteiger charge is -2.38. The SMILES string of the molecule is COc1ccccc1N1CCN(C(=O)C2CCn3ccnc3C2)CC1. The maximum absolute atomic E-state index is 12.9. The lowest BCUT2D eigenvalue weighted by molar-refractivity contribution is -0.136. The lowest BCUT2D eigenvalue weighted by Crippen LogP contribution is -2.51. The Labute approximate surface area is 148 Å². The number of hydrogen-bond donors (Lipinski definition) is 0. The van der Waals surface area contributed by atoms with Crippen LogP contribution in [0.4, 0.5) is 5.69 Å². The van der Waals surface area contributed by atoms with E-state index < -0.39 is 0 Å². The molecule has 4 rings (SSSR count). The van der Waals surface area contributed by atoms with Crippen LogP contribution in [0.15, 0.2) is 36.7 Å². The van der Waals surface area contributed by atoms with Crippen molar-refractivity contribution in [1.82, 2.24) is 14.5 Å². The molecule has 0 aliphatic carbocycles. The Morgan fingerprint density at radius 1 is 1.16 bits per heavy atom. The van der Waals surface area contributed by atoms with Gasteiger partial charge in [0.1, 0.15) is 11.6 Å². The zero-order valence-electron chi connectivity index (χ0n) is 14.6. The summed E-state index contributed by atoms with van der Waals surface area (Å²) in [6.07, 6.45) is 5.50. The molecular formula is C19H24N4O2. The number of nitrogens with zero attached hydrogens (tertiary/aromatic N) is 4. The molecule has 0 spiro atoms. The highest BCUT2D eigenvalue weighted by Gasteiger charge is 2.31. The summed E-state index contributed by atoms with van der Waals surface area (Å²) in [6, 6.07) is 8.07. The van der Waals surface area contributed by atoms with Gasteiger partial charge in [0.05, 0.1) is 12.8 Å². The Kier molecular flexibility index (Phi) is 4.34. The van der Waals surface area contributed by atoms with Gasteiger partial charge in [-0.1, -0.05) is 12.1 Å². The topological polar surface area (TPSA) is 50.6 Å². The number of anilines is 1. The molecule has 6 nitrogen and oxygen atoms in total. The van der Waals surface area contributed by atoms with E-state index in [1.807, 2.05) is 35.5 Å². The highest BCUT2D eigenvalue weighted by Crippen LogP contribution is 2.29. The predicted molar refractivity (Wildman–Crippen MR) is 95.8 cm³/mol. The van der Waals surface area contributed by atoms with E-state index in [1.54, 1.807) is 7.11 Å². The van der Waals surface area contributed by atoms with Gasteiger partial charge in [0.2, 0.25) is 5.91 Å². The summed E-state index contributed by atoms with van der Waals surface area (Å²) in [4.78, 5) is 21.6. The van der Waals surface area contributed by atoms with E-state index in [1.165, 1.54) is 0 Å². The minimum atomic E-state index is 0.0766. The van der Waals surface area contributed by atoms with Crippen LogP contribution in [0, 0.1) is 5.92 Å². The number of aromatic nitrogens is 2. The van der Waals surface area contributed by atoms with E-state index in [0.29, 0.717) is 0 Å². The monoisotopic (exact) mass is 340 g/mol. The maximum atomic E-state index is 12.9. The van der Waals surface area contributed by atoms with Crippen LogP contribution in [-0.2, 0) is 17.8 Å². The number of amides is 1. The van der Waals surface area contributed by atoms with Gasteiger partial charge < -0.3 is 19.1 Å². The van der Waals surface area contributed by atoms with Gasteiger partial charge in [-0.15, -0.1) is 0 Å². The zero-order chi connectivity index (χ0) is 17.2. The number of hydrogen-bond acceptors (Lipinski definition) is 4. The molecule has 0 bridgehead atoms. The molecule has 2 aliphatic rings. The van der Waals surface area contributed by atoms with Crippen LogP contribution in [0.3, 0.4) is 0 Å². The summed E-state index contributed by atoms with van der Waals surface area (Å²) in [6.45, 7) is 4.11. The van der Waals surface area contributed by atoms with Crippen molar-refractivity contribution in [2.75, 3.05) is 38.2 Å². The van der Waals surface area contributed by atoms with Crippen LogP contribution in [-0.4, -0.2) is 53.6 Å². The van der Waals surface area contributed by atoms with E-state index in [4.69, 9.17) is 4.74 Å². The Balaban J connectivity index is 1.38.